The molecule has 1 aliphatic rings. The second-order valence-corrected chi connectivity index (χ2v) is 6.55. The molecule has 6 nitrogen and oxygen atoms in total. The minimum absolute atomic E-state index is 0. The zero-order valence-electron chi connectivity index (χ0n) is 15.7. The van der Waals surface area contributed by atoms with Gasteiger partial charge in [-0.3, -0.25) is 9.79 Å². The molecule has 3 unspecified atom stereocenters. The smallest absolute Gasteiger partial charge is 0.310 e. The lowest BCUT2D eigenvalue weighted by Gasteiger charge is -2.22. The average molecular weight is 475 g/mol. The van der Waals surface area contributed by atoms with Gasteiger partial charge in [0, 0.05) is 26.1 Å². The maximum atomic E-state index is 11.9. The maximum absolute atomic E-state index is 11.9. The first kappa shape index (κ1) is 22.7. The Labute approximate surface area is 173 Å². The van der Waals surface area contributed by atoms with Gasteiger partial charge in [-0.15, -0.1) is 24.0 Å². The van der Waals surface area contributed by atoms with E-state index in [9.17, 15) is 9.90 Å². The number of aliphatic hydroxyl groups is 1. The molecule has 0 spiro atoms. The van der Waals surface area contributed by atoms with Crippen molar-refractivity contribution in [2.75, 3.05) is 33.3 Å². The van der Waals surface area contributed by atoms with Crippen LogP contribution in [0.15, 0.2) is 35.3 Å². The third kappa shape index (κ3) is 6.42. The van der Waals surface area contributed by atoms with E-state index in [2.05, 4.69) is 22.1 Å². The van der Waals surface area contributed by atoms with Crippen LogP contribution in [0.4, 0.5) is 0 Å². The number of carbonyl (C=O) groups is 1. The average Bonchev–Trinajstić information content (AvgIpc) is 3.00. The van der Waals surface area contributed by atoms with Gasteiger partial charge in [0.2, 0.25) is 0 Å². The largest absolute Gasteiger partial charge is 0.469 e. The Morgan fingerprint density at radius 1 is 1.38 bits per heavy atom. The van der Waals surface area contributed by atoms with Crippen molar-refractivity contribution >= 4 is 35.9 Å². The number of halogens is 1. The number of esters is 1. The molecule has 0 bridgehead atoms. The molecule has 1 heterocycles. The van der Waals surface area contributed by atoms with Crippen LogP contribution in [-0.4, -0.2) is 61.3 Å². The van der Waals surface area contributed by atoms with Gasteiger partial charge in [0.05, 0.1) is 25.7 Å². The molecule has 7 heteroatoms. The van der Waals surface area contributed by atoms with Crippen molar-refractivity contribution in [2.24, 2.45) is 16.8 Å². The first-order chi connectivity index (χ1) is 12.0. The van der Waals surface area contributed by atoms with Gasteiger partial charge in [-0.05, 0) is 18.4 Å². The summed E-state index contributed by atoms with van der Waals surface area (Å²) < 4.78 is 4.89. The normalized spacial score (nSPS) is 21.1. The van der Waals surface area contributed by atoms with Crippen LogP contribution in [0.3, 0.4) is 0 Å². The Kier molecular flexibility index (Phi) is 9.93. The number of carbonyl (C=O) groups excluding carboxylic acids is 1. The highest BCUT2D eigenvalue weighted by atomic mass is 127. The number of hydrogen-bond donors (Lipinski definition) is 2. The van der Waals surface area contributed by atoms with Crippen molar-refractivity contribution in [3.05, 3.63) is 35.9 Å². The number of nitrogens with one attached hydrogen (secondary N) is 1. The van der Waals surface area contributed by atoms with Crippen LogP contribution in [0, 0.1) is 11.8 Å². The molecule has 0 amide bonds. The molecule has 0 saturated carbocycles. The lowest BCUT2D eigenvalue weighted by molar-refractivity contribution is -0.145. The number of benzene rings is 1. The molecule has 26 heavy (non-hydrogen) atoms. The quantitative estimate of drug-likeness (QED) is 0.285. The third-order valence-corrected chi connectivity index (χ3v) is 4.52. The standard InChI is InChI=1S/C19H29N3O3.HI/c1-4-20-19(22-12-14(2)17(13-22)18(24)25-3)21-11-16(23)10-15-8-6-5-7-9-15;/h5-9,14,16-17,23H,4,10-13H2,1-3H3,(H,20,21);1H. The van der Waals surface area contributed by atoms with E-state index in [1.54, 1.807) is 0 Å². The van der Waals surface area contributed by atoms with Gasteiger partial charge < -0.3 is 20.1 Å². The summed E-state index contributed by atoms with van der Waals surface area (Å²) in [5.74, 6) is 0.650. The molecule has 3 atom stereocenters. The van der Waals surface area contributed by atoms with Gasteiger partial charge in [0.25, 0.3) is 0 Å². The maximum Gasteiger partial charge on any atom is 0.310 e. The number of hydrogen-bond acceptors (Lipinski definition) is 4. The number of aliphatic hydroxyl groups excluding tert-OH is 1. The fourth-order valence-electron chi connectivity index (χ4n) is 3.17. The molecule has 1 saturated heterocycles. The van der Waals surface area contributed by atoms with Crippen LogP contribution in [-0.2, 0) is 16.0 Å². The van der Waals surface area contributed by atoms with Crippen LogP contribution < -0.4 is 5.32 Å². The van der Waals surface area contributed by atoms with E-state index in [0.29, 0.717) is 19.5 Å². The zero-order valence-corrected chi connectivity index (χ0v) is 18.1. The highest BCUT2D eigenvalue weighted by Crippen LogP contribution is 2.24. The third-order valence-electron chi connectivity index (χ3n) is 4.52. The van der Waals surface area contributed by atoms with Gasteiger partial charge in [-0.2, -0.15) is 0 Å². The van der Waals surface area contributed by atoms with Crippen molar-refractivity contribution in [1.29, 1.82) is 0 Å². The van der Waals surface area contributed by atoms with Crippen LogP contribution in [0.2, 0.25) is 0 Å². The number of aliphatic imine (C=N–C) groups is 1. The van der Waals surface area contributed by atoms with Crippen molar-refractivity contribution < 1.29 is 14.6 Å². The van der Waals surface area contributed by atoms with E-state index >= 15 is 0 Å². The second-order valence-electron chi connectivity index (χ2n) is 6.55. The molecule has 146 valence electrons. The zero-order chi connectivity index (χ0) is 18.2. The van der Waals surface area contributed by atoms with Crippen LogP contribution >= 0.6 is 24.0 Å². The molecule has 0 radical (unpaired) electrons. The van der Waals surface area contributed by atoms with Gasteiger partial charge in [0.1, 0.15) is 0 Å². The number of rotatable bonds is 6. The van der Waals surface area contributed by atoms with E-state index in [-0.39, 0.29) is 41.8 Å². The summed E-state index contributed by atoms with van der Waals surface area (Å²) in [6.45, 7) is 6.46. The summed E-state index contributed by atoms with van der Waals surface area (Å²) >= 11 is 0. The Bertz CT molecular complexity index is 583. The summed E-state index contributed by atoms with van der Waals surface area (Å²) in [7, 11) is 1.43. The van der Waals surface area contributed by atoms with Crippen LogP contribution in [0.25, 0.3) is 0 Å². The Hall–Kier alpha value is -1.35. The van der Waals surface area contributed by atoms with E-state index in [0.717, 1.165) is 24.6 Å². The van der Waals surface area contributed by atoms with E-state index in [1.165, 1.54) is 7.11 Å². The first-order valence-electron chi connectivity index (χ1n) is 8.88. The van der Waals surface area contributed by atoms with Crippen molar-refractivity contribution in [2.45, 2.75) is 26.4 Å². The molecule has 2 N–H and O–H groups in total. The Morgan fingerprint density at radius 3 is 2.69 bits per heavy atom. The second kappa shape index (κ2) is 11.4. The lowest BCUT2D eigenvalue weighted by atomic mass is 9.99. The number of ether oxygens (including phenoxy) is 1. The van der Waals surface area contributed by atoms with Gasteiger partial charge >= 0.3 is 5.97 Å². The molecule has 0 aromatic heterocycles. The molecule has 1 aliphatic heterocycles. The topological polar surface area (TPSA) is 74.2 Å². The highest BCUT2D eigenvalue weighted by Gasteiger charge is 2.36. The number of likely N-dealkylation sites (tertiary alicyclic amines) is 1. The van der Waals surface area contributed by atoms with Gasteiger partial charge in [-0.1, -0.05) is 37.3 Å². The summed E-state index contributed by atoms with van der Waals surface area (Å²) in [6, 6.07) is 9.90. The van der Waals surface area contributed by atoms with Crippen molar-refractivity contribution in [3.63, 3.8) is 0 Å². The summed E-state index contributed by atoms with van der Waals surface area (Å²) in [4.78, 5) is 18.5. The lowest BCUT2D eigenvalue weighted by Crippen LogP contribution is -2.41. The Morgan fingerprint density at radius 2 is 2.08 bits per heavy atom. The molecular weight excluding hydrogens is 445 g/mol. The van der Waals surface area contributed by atoms with Gasteiger partial charge in [-0.25, -0.2) is 0 Å². The molecule has 1 aromatic rings. The minimum Gasteiger partial charge on any atom is -0.469 e. The molecule has 2 rings (SSSR count). The summed E-state index contributed by atoms with van der Waals surface area (Å²) in [5.41, 5.74) is 1.09. The predicted octanol–water partition coefficient (Wildman–Crippen LogP) is 1.91. The number of guanidine groups is 1. The molecule has 1 aromatic carbocycles. The van der Waals surface area contributed by atoms with Gasteiger partial charge in [0.15, 0.2) is 5.96 Å². The van der Waals surface area contributed by atoms with E-state index in [4.69, 9.17) is 4.74 Å². The number of nitrogens with zero attached hydrogens (tertiary/aromatic N) is 2. The molecular formula is C19H30IN3O3. The van der Waals surface area contributed by atoms with E-state index < -0.39 is 6.10 Å². The fourth-order valence-corrected chi connectivity index (χ4v) is 3.17. The molecule has 1 fully saturated rings. The molecule has 0 aliphatic carbocycles. The highest BCUT2D eigenvalue weighted by molar-refractivity contribution is 14.0. The summed E-state index contributed by atoms with van der Waals surface area (Å²) in [6.07, 6.45) is 0.0396. The van der Waals surface area contributed by atoms with E-state index in [1.807, 2.05) is 37.3 Å². The number of methoxy groups -OCH3 is 1. The fraction of sp³-hybridized carbons (Fsp3) is 0.579. The first-order valence-corrected chi connectivity index (χ1v) is 8.88. The monoisotopic (exact) mass is 475 g/mol. The van der Waals surface area contributed by atoms with Crippen LogP contribution in [0.1, 0.15) is 19.4 Å². The predicted molar refractivity (Wildman–Crippen MR) is 114 cm³/mol. The van der Waals surface area contributed by atoms with Crippen LogP contribution in [0.5, 0.6) is 0 Å². The summed E-state index contributed by atoms with van der Waals surface area (Å²) in [5, 5.41) is 13.5. The Balaban J connectivity index is 0.00000338. The van der Waals surface area contributed by atoms with Crippen molar-refractivity contribution in [3.8, 4) is 0 Å². The minimum atomic E-state index is -0.535. The van der Waals surface area contributed by atoms with Crippen molar-refractivity contribution in [1.82, 2.24) is 10.2 Å². The SMILES string of the molecule is CCNC(=NCC(O)Cc1ccccc1)N1CC(C)C(C(=O)OC)C1.I.